The molecule has 6 nitrogen and oxygen atoms in total. The molecule has 0 spiro atoms. The third kappa shape index (κ3) is 6.46. The van der Waals surface area contributed by atoms with Crippen molar-refractivity contribution in [3.63, 3.8) is 0 Å². The van der Waals surface area contributed by atoms with Gasteiger partial charge in [0.05, 0.1) is 6.10 Å². The van der Waals surface area contributed by atoms with E-state index in [1.807, 2.05) is 0 Å². The van der Waals surface area contributed by atoms with Crippen LogP contribution in [0.1, 0.15) is 19.3 Å². The second-order valence-electron chi connectivity index (χ2n) is 3.75. The van der Waals surface area contributed by atoms with Gasteiger partial charge in [-0.25, -0.2) is 0 Å². The first-order valence-corrected chi connectivity index (χ1v) is 7.81. The summed E-state index contributed by atoms with van der Waals surface area (Å²) in [4.78, 5) is 0. The van der Waals surface area contributed by atoms with Gasteiger partial charge in [0, 0.05) is 33.5 Å². The molecule has 17 heavy (non-hydrogen) atoms. The molecule has 0 aromatic rings. The summed E-state index contributed by atoms with van der Waals surface area (Å²) >= 11 is 0. The van der Waals surface area contributed by atoms with Gasteiger partial charge in [-0.05, 0) is 25.8 Å². The summed E-state index contributed by atoms with van der Waals surface area (Å²) < 4.78 is 16.6. The lowest BCUT2D eigenvalue weighted by Gasteiger charge is -2.30. The summed E-state index contributed by atoms with van der Waals surface area (Å²) in [5.74, 6) is 0. The minimum absolute atomic E-state index is 0.0134. The summed E-state index contributed by atoms with van der Waals surface area (Å²) in [7, 11) is 0.409. The van der Waals surface area contributed by atoms with Gasteiger partial charge >= 0.3 is 8.80 Å². The lowest BCUT2D eigenvalue weighted by atomic mass is 10.2. The summed E-state index contributed by atoms with van der Waals surface area (Å²) in [5.41, 5.74) is 5.47. The molecular formula is C10H25NO5Si. The van der Waals surface area contributed by atoms with Crippen LogP contribution in [-0.4, -0.2) is 59.1 Å². The van der Waals surface area contributed by atoms with Gasteiger partial charge < -0.3 is 29.2 Å². The highest BCUT2D eigenvalue weighted by Gasteiger charge is 2.40. The van der Waals surface area contributed by atoms with Crippen molar-refractivity contribution in [1.82, 2.24) is 0 Å². The van der Waals surface area contributed by atoms with E-state index in [1.54, 1.807) is 14.2 Å². The quantitative estimate of drug-likeness (QED) is 0.446. The maximum absolute atomic E-state index is 8.93. The van der Waals surface area contributed by atoms with Gasteiger partial charge in [0.25, 0.3) is 0 Å². The molecule has 0 bridgehead atoms. The summed E-state index contributed by atoms with van der Waals surface area (Å²) in [5, 5.41) is 17.9. The normalized spacial score (nSPS) is 12.4. The van der Waals surface area contributed by atoms with Crippen LogP contribution in [0.15, 0.2) is 0 Å². The van der Waals surface area contributed by atoms with E-state index < -0.39 is 8.80 Å². The topological polar surface area (TPSA) is 94.2 Å². The second-order valence-corrected chi connectivity index (χ2v) is 6.67. The van der Waals surface area contributed by atoms with Crippen molar-refractivity contribution in [2.24, 2.45) is 5.73 Å². The summed E-state index contributed by atoms with van der Waals surface area (Å²) in [6.45, 7) is 0.578. The molecule has 0 amide bonds. The standard InChI is InChI=1S/C10H25NO5Si/c1-14-17(15-2,9-3-6-11)16-10(4-7-12)5-8-13/h10,12-13H,3-9,11H2,1-2H3. The van der Waals surface area contributed by atoms with Crippen LogP contribution in [0.2, 0.25) is 6.04 Å². The predicted molar refractivity (Wildman–Crippen MR) is 66.5 cm³/mol. The lowest BCUT2D eigenvalue weighted by Crippen LogP contribution is -2.47. The van der Waals surface area contributed by atoms with Crippen LogP contribution < -0.4 is 5.73 Å². The first-order chi connectivity index (χ1) is 8.17. The van der Waals surface area contributed by atoms with Crippen LogP contribution >= 0.6 is 0 Å². The Labute approximate surface area is 104 Å². The highest BCUT2D eigenvalue weighted by molar-refractivity contribution is 6.60. The monoisotopic (exact) mass is 267 g/mol. The number of aliphatic hydroxyl groups excluding tert-OH is 2. The fourth-order valence-electron chi connectivity index (χ4n) is 1.57. The van der Waals surface area contributed by atoms with Crippen molar-refractivity contribution in [3.05, 3.63) is 0 Å². The Bertz CT molecular complexity index is 174. The molecule has 0 aromatic heterocycles. The summed E-state index contributed by atoms with van der Waals surface area (Å²) in [6, 6.07) is 0.643. The maximum Gasteiger partial charge on any atom is 0.500 e. The third-order valence-corrected chi connectivity index (χ3v) is 5.46. The van der Waals surface area contributed by atoms with Crippen LogP contribution in [0.4, 0.5) is 0 Å². The molecule has 7 heteroatoms. The Balaban J connectivity index is 4.44. The second kappa shape index (κ2) is 9.95. The van der Waals surface area contributed by atoms with Crippen molar-refractivity contribution < 1.29 is 23.5 Å². The molecule has 0 aliphatic rings. The van der Waals surface area contributed by atoms with E-state index in [1.165, 1.54) is 0 Å². The van der Waals surface area contributed by atoms with Gasteiger partial charge in [-0.3, -0.25) is 0 Å². The molecule has 0 aliphatic carbocycles. The van der Waals surface area contributed by atoms with Gasteiger partial charge in [-0.1, -0.05) is 0 Å². The van der Waals surface area contributed by atoms with Gasteiger partial charge in [-0.2, -0.15) is 0 Å². The van der Waals surface area contributed by atoms with Crippen LogP contribution in [-0.2, 0) is 13.3 Å². The number of nitrogens with two attached hydrogens (primary N) is 1. The first kappa shape index (κ1) is 17.0. The van der Waals surface area contributed by atoms with Gasteiger partial charge in [-0.15, -0.1) is 0 Å². The van der Waals surface area contributed by atoms with Crippen LogP contribution in [0, 0.1) is 0 Å². The molecular weight excluding hydrogens is 242 g/mol. The van der Waals surface area contributed by atoms with Crippen molar-refractivity contribution in [3.8, 4) is 0 Å². The predicted octanol–water partition coefficient (Wildman–Crippen LogP) is -0.283. The minimum atomic E-state index is -2.70. The Morgan fingerprint density at radius 1 is 1.12 bits per heavy atom. The van der Waals surface area contributed by atoms with Crippen molar-refractivity contribution in [2.75, 3.05) is 34.0 Å². The van der Waals surface area contributed by atoms with Crippen LogP contribution in [0.5, 0.6) is 0 Å². The van der Waals surface area contributed by atoms with Crippen LogP contribution in [0.25, 0.3) is 0 Å². The molecule has 0 saturated carbocycles. The SMILES string of the molecule is CO[Si](CCCN)(OC)OC(CCO)CCO. The molecule has 0 aromatic carbocycles. The average molecular weight is 267 g/mol. The van der Waals surface area contributed by atoms with Gasteiger partial charge in [0.2, 0.25) is 0 Å². The molecule has 0 radical (unpaired) electrons. The Morgan fingerprint density at radius 3 is 2.00 bits per heavy atom. The summed E-state index contributed by atoms with van der Waals surface area (Å²) in [6.07, 6.45) is 1.45. The highest BCUT2D eigenvalue weighted by atomic mass is 28.4. The van der Waals surface area contributed by atoms with E-state index in [0.29, 0.717) is 25.4 Å². The zero-order valence-corrected chi connectivity index (χ0v) is 11.7. The van der Waals surface area contributed by atoms with Crippen molar-refractivity contribution >= 4 is 8.80 Å². The van der Waals surface area contributed by atoms with Gasteiger partial charge in [0.15, 0.2) is 0 Å². The van der Waals surface area contributed by atoms with E-state index in [-0.39, 0.29) is 19.3 Å². The van der Waals surface area contributed by atoms with E-state index in [0.717, 1.165) is 6.42 Å². The fraction of sp³-hybridized carbons (Fsp3) is 1.00. The van der Waals surface area contributed by atoms with Crippen molar-refractivity contribution in [2.45, 2.75) is 31.4 Å². The Morgan fingerprint density at radius 2 is 1.65 bits per heavy atom. The molecule has 0 unspecified atom stereocenters. The largest absolute Gasteiger partial charge is 0.500 e. The Kier molecular flexibility index (Phi) is 9.94. The lowest BCUT2D eigenvalue weighted by molar-refractivity contribution is 0.0314. The number of hydrogen-bond donors (Lipinski definition) is 3. The molecule has 0 rings (SSSR count). The van der Waals surface area contributed by atoms with Crippen molar-refractivity contribution in [1.29, 1.82) is 0 Å². The number of hydrogen-bond acceptors (Lipinski definition) is 6. The van der Waals surface area contributed by atoms with E-state index in [2.05, 4.69) is 0 Å². The fourth-order valence-corrected chi connectivity index (χ4v) is 3.83. The number of rotatable bonds is 11. The van der Waals surface area contributed by atoms with E-state index in [4.69, 9.17) is 29.2 Å². The zero-order valence-electron chi connectivity index (χ0n) is 10.7. The molecule has 0 saturated heterocycles. The van der Waals surface area contributed by atoms with E-state index >= 15 is 0 Å². The highest BCUT2D eigenvalue weighted by Crippen LogP contribution is 2.20. The first-order valence-electron chi connectivity index (χ1n) is 5.88. The number of aliphatic hydroxyl groups is 2. The van der Waals surface area contributed by atoms with Crippen LogP contribution in [0.3, 0.4) is 0 Å². The average Bonchev–Trinajstić information content (AvgIpc) is 2.35. The third-order valence-electron chi connectivity index (χ3n) is 2.56. The maximum atomic E-state index is 8.93. The molecule has 0 fully saturated rings. The zero-order chi connectivity index (χ0) is 13.1. The smallest absolute Gasteiger partial charge is 0.396 e. The molecule has 4 N–H and O–H groups in total. The molecule has 0 atom stereocenters. The van der Waals surface area contributed by atoms with Gasteiger partial charge in [0.1, 0.15) is 0 Å². The molecule has 104 valence electrons. The minimum Gasteiger partial charge on any atom is -0.396 e. The molecule has 0 heterocycles. The molecule has 0 aliphatic heterocycles. The van der Waals surface area contributed by atoms with E-state index in [9.17, 15) is 0 Å². The Hall–Kier alpha value is -0.0231.